The standard InChI is InChI=1S/C23H26BrN5S/c1-27(2)13-7-15-29-22(21(26-23(29)30)19-10-3-4-12-25-19)20-11-6-14-28(20)18-9-5-8-17(24)16-18/h3-6,8-12,14,16,21-22H,7,13,15H2,1-2H3,(H,26,30)/t21-,22+/m0/s1. The predicted octanol–water partition coefficient (Wildman–Crippen LogP) is 4.56. The Balaban J connectivity index is 1.74. The lowest BCUT2D eigenvalue weighted by molar-refractivity contribution is 0.286. The van der Waals surface area contributed by atoms with Gasteiger partial charge in [-0.3, -0.25) is 4.98 Å². The van der Waals surface area contributed by atoms with E-state index in [4.69, 9.17) is 12.2 Å². The third-order valence-corrected chi connectivity index (χ3v) is 6.22. The lowest BCUT2D eigenvalue weighted by Gasteiger charge is -2.29. The molecule has 0 spiro atoms. The van der Waals surface area contributed by atoms with Gasteiger partial charge in [0.1, 0.15) is 0 Å². The van der Waals surface area contributed by atoms with E-state index < -0.39 is 0 Å². The van der Waals surface area contributed by atoms with Crippen LogP contribution in [0, 0.1) is 0 Å². The van der Waals surface area contributed by atoms with Crippen LogP contribution in [-0.2, 0) is 0 Å². The van der Waals surface area contributed by atoms with Gasteiger partial charge in [-0.1, -0.05) is 28.1 Å². The number of hydrogen-bond donors (Lipinski definition) is 1. The SMILES string of the molecule is CN(C)CCCN1C(=S)N[C@@H](c2ccccn2)[C@H]1c1cccn1-c1cccc(Br)c1. The van der Waals surface area contributed by atoms with Crippen LogP contribution in [0.3, 0.4) is 0 Å². The van der Waals surface area contributed by atoms with Crippen LogP contribution in [-0.4, -0.2) is 51.6 Å². The normalized spacial score (nSPS) is 18.8. The van der Waals surface area contributed by atoms with Crippen LogP contribution in [0.15, 0.2) is 71.5 Å². The van der Waals surface area contributed by atoms with Crippen molar-refractivity contribution >= 4 is 33.3 Å². The monoisotopic (exact) mass is 483 g/mol. The van der Waals surface area contributed by atoms with Gasteiger partial charge in [0.05, 0.1) is 17.8 Å². The number of thiocarbonyl (C=S) groups is 1. The molecule has 0 bridgehead atoms. The van der Waals surface area contributed by atoms with Crippen LogP contribution in [0.5, 0.6) is 0 Å². The molecule has 30 heavy (non-hydrogen) atoms. The Morgan fingerprint density at radius 3 is 2.73 bits per heavy atom. The zero-order valence-corrected chi connectivity index (χ0v) is 19.6. The van der Waals surface area contributed by atoms with Gasteiger partial charge in [0, 0.05) is 34.8 Å². The fourth-order valence-corrected chi connectivity index (χ4v) is 4.74. The molecule has 0 amide bonds. The van der Waals surface area contributed by atoms with E-state index >= 15 is 0 Å². The second-order valence-corrected chi connectivity index (χ2v) is 9.06. The fraction of sp³-hybridized carbons (Fsp3) is 0.304. The first-order valence-electron chi connectivity index (χ1n) is 10.1. The minimum Gasteiger partial charge on any atom is -0.352 e. The number of halogens is 1. The van der Waals surface area contributed by atoms with E-state index in [0.717, 1.165) is 40.5 Å². The molecule has 3 heterocycles. The highest BCUT2D eigenvalue weighted by atomic mass is 79.9. The van der Waals surface area contributed by atoms with Gasteiger partial charge in [0.25, 0.3) is 0 Å². The molecule has 5 nitrogen and oxygen atoms in total. The Bertz CT molecular complexity index is 1000. The maximum absolute atomic E-state index is 5.79. The molecule has 1 aromatic carbocycles. The summed E-state index contributed by atoms with van der Waals surface area (Å²) in [5.74, 6) is 0. The van der Waals surface area contributed by atoms with Crippen LogP contribution in [0.2, 0.25) is 0 Å². The maximum Gasteiger partial charge on any atom is 0.170 e. The van der Waals surface area contributed by atoms with Crippen molar-refractivity contribution in [3.8, 4) is 5.69 Å². The van der Waals surface area contributed by atoms with Gasteiger partial charge in [-0.05, 0) is 81.7 Å². The van der Waals surface area contributed by atoms with E-state index in [9.17, 15) is 0 Å². The first-order valence-corrected chi connectivity index (χ1v) is 11.3. The smallest absolute Gasteiger partial charge is 0.170 e. The van der Waals surface area contributed by atoms with E-state index in [0.29, 0.717) is 0 Å². The summed E-state index contributed by atoms with van der Waals surface area (Å²) in [6.45, 7) is 1.91. The zero-order chi connectivity index (χ0) is 21.1. The van der Waals surface area contributed by atoms with Gasteiger partial charge in [0.15, 0.2) is 5.11 Å². The summed E-state index contributed by atoms with van der Waals surface area (Å²) in [6.07, 6.45) is 5.00. The Kier molecular flexibility index (Phi) is 6.51. The molecule has 1 fully saturated rings. The number of aromatic nitrogens is 2. The summed E-state index contributed by atoms with van der Waals surface area (Å²) in [5.41, 5.74) is 3.32. The van der Waals surface area contributed by atoms with Crippen LogP contribution < -0.4 is 5.32 Å². The highest BCUT2D eigenvalue weighted by Crippen LogP contribution is 2.39. The van der Waals surface area contributed by atoms with Crippen molar-refractivity contribution in [2.75, 3.05) is 27.2 Å². The van der Waals surface area contributed by atoms with Gasteiger partial charge in [-0.2, -0.15) is 0 Å². The zero-order valence-electron chi connectivity index (χ0n) is 17.2. The Morgan fingerprint density at radius 1 is 1.13 bits per heavy atom. The Morgan fingerprint density at radius 2 is 2.00 bits per heavy atom. The van der Waals surface area contributed by atoms with Gasteiger partial charge < -0.3 is 19.7 Å². The Hall–Kier alpha value is -2.22. The highest BCUT2D eigenvalue weighted by molar-refractivity contribution is 9.10. The largest absolute Gasteiger partial charge is 0.352 e. The average molecular weight is 484 g/mol. The lowest BCUT2D eigenvalue weighted by atomic mass is 10.0. The van der Waals surface area contributed by atoms with E-state index in [2.05, 4.69) is 97.3 Å². The van der Waals surface area contributed by atoms with Crippen LogP contribution in [0.25, 0.3) is 5.69 Å². The molecule has 7 heteroatoms. The van der Waals surface area contributed by atoms with Crippen LogP contribution in [0.1, 0.15) is 29.9 Å². The molecule has 4 rings (SSSR count). The van der Waals surface area contributed by atoms with Crippen molar-refractivity contribution in [3.05, 3.63) is 82.9 Å². The molecule has 0 aliphatic carbocycles. The first-order chi connectivity index (χ1) is 14.5. The summed E-state index contributed by atoms with van der Waals surface area (Å²) in [6, 6.07) is 18.8. The third kappa shape index (κ3) is 4.43. The van der Waals surface area contributed by atoms with E-state index in [1.165, 1.54) is 5.69 Å². The molecule has 156 valence electrons. The van der Waals surface area contributed by atoms with Crippen molar-refractivity contribution in [2.24, 2.45) is 0 Å². The van der Waals surface area contributed by atoms with Gasteiger partial charge in [-0.25, -0.2) is 0 Å². The minimum atomic E-state index is -0.00106. The quantitative estimate of drug-likeness (QED) is 0.498. The molecule has 3 aromatic rings. The number of pyridine rings is 1. The molecular formula is C23H26BrN5S. The number of nitrogens with zero attached hydrogens (tertiary/aromatic N) is 4. The molecule has 1 saturated heterocycles. The minimum absolute atomic E-state index is 0.00106. The molecular weight excluding hydrogens is 458 g/mol. The molecule has 1 N–H and O–H groups in total. The molecule has 2 aromatic heterocycles. The summed E-state index contributed by atoms with van der Waals surface area (Å²) in [5, 5.41) is 4.33. The molecule has 1 aliphatic heterocycles. The van der Waals surface area contributed by atoms with E-state index in [1.807, 2.05) is 24.4 Å². The van der Waals surface area contributed by atoms with Gasteiger partial charge in [-0.15, -0.1) is 0 Å². The van der Waals surface area contributed by atoms with E-state index in [-0.39, 0.29) is 12.1 Å². The summed E-state index contributed by atoms with van der Waals surface area (Å²) < 4.78 is 3.31. The number of hydrogen-bond acceptors (Lipinski definition) is 3. The van der Waals surface area contributed by atoms with Crippen LogP contribution >= 0.6 is 28.1 Å². The van der Waals surface area contributed by atoms with Gasteiger partial charge in [0.2, 0.25) is 0 Å². The number of nitrogens with one attached hydrogen (secondary N) is 1. The van der Waals surface area contributed by atoms with Crippen molar-refractivity contribution < 1.29 is 0 Å². The van der Waals surface area contributed by atoms with Crippen molar-refractivity contribution in [3.63, 3.8) is 0 Å². The average Bonchev–Trinajstić information content (AvgIpc) is 3.33. The van der Waals surface area contributed by atoms with Crippen molar-refractivity contribution in [1.82, 2.24) is 24.7 Å². The Labute approximate surface area is 191 Å². The maximum atomic E-state index is 5.79. The van der Waals surface area contributed by atoms with Crippen molar-refractivity contribution in [2.45, 2.75) is 18.5 Å². The van der Waals surface area contributed by atoms with Crippen molar-refractivity contribution in [1.29, 1.82) is 0 Å². The van der Waals surface area contributed by atoms with Crippen LogP contribution in [0.4, 0.5) is 0 Å². The molecule has 0 unspecified atom stereocenters. The lowest BCUT2D eigenvalue weighted by Crippen LogP contribution is -2.32. The third-order valence-electron chi connectivity index (χ3n) is 5.37. The molecule has 1 aliphatic rings. The highest BCUT2D eigenvalue weighted by Gasteiger charge is 2.40. The number of rotatable bonds is 7. The molecule has 0 radical (unpaired) electrons. The predicted molar refractivity (Wildman–Crippen MR) is 129 cm³/mol. The molecule has 0 saturated carbocycles. The first kappa shape index (κ1) is 21.0. The second kappa shape index (κ2) is 9.29. The summed E-state index contributed by atoms with van der Waals surface area (Å²) >= 11 is 9.39. The topological polar surface area (TPSA) is 36.3 Å². The van der Waals surface area contributed by atoms with Gasteiger partial charge >= 0.3 is 0 Å². The fourth-order valence-electron chi connectivity index (χ4n) is 4.02. The second-order valence-electron chi connectivity index (χ2n) is 7.76. The molecule has 2 atom stereocenters. The number of benzene rings is 1. The van der Waals surface area contributed by atoms with E-state index in [1.54, 1.807) is 0 Å². The summed E-state index contributed by atoms with van der Waals surface area (Å²) in [4.78, 5) is 9.17. The summed E-state index contributed by atoms with van der Waals surface area (Å²) in [7, 11) is 4.21.